The fourth-order valence-electron chi connectivity index (χ4n) is 2.74. The second-order valence-electron chi connectivity index (χ2n) is 5.16. The van der Waals surface area contributed by atoms with Gasteiger partial charge in [0.25, 0.3) is 0 Å². The lowest BCUT2D eigenvalue weighted by Crippen LogP contribution is -2.21. The molecule has 22 heavy (non-hydrogen) atoms. The largest absolute Gasteiger partial charge is 0.372 e. The number of rotatable bonds is 4. The van der Waals surface area contributed by atoms with E-state index in [4.69, 9.17) is 0 Å². The highest BCUT2D eigenvalue weighted by Gasteiger charge is 2.08. The molecule has 1 N–H and O–H groups in total. The van der Waals surface area contributed by atoms with E-state index in [-0.39, 0.29) is 5.69 Å². The number of hydrogen-bond acceptors (Lipinski definition) is 3. The summed E-state index contributed by atoms with van der Waals surface area (Å²) in [7, 11) is 0. The van der Waals surface area contributed by atoms with Crippen LogP contribution in [0, 0.1) is 0 Å². The predicted molar refractivity (Wildman–Crippen MR) is 91.4 cm³/mol. The van der Waals surface area contributed by atoms with Gasteiger partial charge in [-0.05, 0) is 32.0 Å². The number of anilines is 1. The van der Waals surface area contributed by atoms with Gasteiger partial charge >= 0.3 is 5.69 Å². The third-order valence-electron chi connectivity index (χ3n) is 3.91. The molecule has 4 nitrogen and oxygen atoms in total. The van der Waals surface area contributed by atoms with Crippen molar-refractivity contribution in [2.75, 3.05) is 18.0 Å². The molecule has 0 spiro atoms. The van der Waals surface area contributed by atoms with Crippen molar-refractivity contribution in [3.63, 3.8) is 0 Å². The molecule has 4 heteroatoms. The van der Waals surface area contributed by atoms with Gasteiger partial charge in [-0.2, -0.15) is 4.98 Å². The second kappa shape index (κ2) is 6.02. The van der Waals surface area contributed by atoms with Crippen molar-refractivity contribution in [2.24, 2.45) is 0 Å². The topological polar surface area (TPSA) is 49.0 Å². The summed E-state index contributed by atoms with van der Waals surface area (Å²) in [6.45, 7) is 6.23. The Bertz CT molecular complexity index is 833. The summed E-state index contributed by atoms with van der Waals surface area (Å²) in [5.74, 6) is 0. The number of benzene rings is 2. The van der Waals surface area contributed by atoms with E-state index < -0.39 is 0 Å². The van der Waals surface area contributed by atoms with E-state index in [1.54, 1.807) is 0 Å². The van der Waals surface area contributed by atoms with E-state index in [0.717, 1.165) is 35.2 Å². The Hall–Kier alpha value is -2.62. The van der Waals surface area contributed by atoms with Crippen LogP contribution in [0.15, 0.2) is 53.3 Å². The first kappa shape index (κ1) is 14.3. The maximum absolute atomic E-state index is 11.8. The van der Waals surface area contributed by atoms with Gasteiger partial charge in [0.1, 0.15) is 0 Å². The standard InChI is InChI=1S/C18H19N3O/c1-3-21(4-2)14-11-9-13(10-12-14)17-15-7-5-6-8-16(15)19-18(22)20-17/h5-12H,3-4H2,1-2H3,(H,19,20,22). The van der Waals surface area contributed by atoms with E-state index in [2.05, 4.69) is 40.8 Å². The molecule has 0 aliphatic rings. The van der Waals surface area contributed by atoms with Crippen LogP contribution in [0.3, 0.4) is 0 Å². The number of aromatic amines is 1. The molecule has 2 aromatic carbocycles. The Morgan fingerprint density at radius 3 is 2.36 bits per heavy atom. The molecule has 0 aliphatic carbocycles. The SMILES string of the molecule is CCN(CC)c1ccc(-c2nc(=O)[nH]c3ccccc23)cc1. The van der Waals surface area contributed by atoms with Crippen molar-refractivity contribution in [3.05, 3.63) is 59.0 Å². The van der Waals surface area contributed by atoms with Crippen LogP contribution in [0.4, 0.5) is 5.69 Å². The minimum absolute atomic E-state index is 0.318. The minimum Gasteiger partial charge on any atom is -0.372 e. The van der Waals surface area contributed by atoms with Crippen LogP contribution >= 0.6 is 0 Å². The first-order chi connectivity index (χ1) is 10.7. The molecule has 0 fully saturated rings. The number of aromatic nitrogens is 2. The number of fused-ring (bicyclic) bond motifs is 1. The zero-order chi connectivity index (χ0) is 15.5. The summed E-state index contributed by atoms with van der Waals surface area (Å²) in [4.78, 5) is 21.0. The van der Waals surface area contributed by atoms with Gasteiger partial charge in [0.15, 0.2) is 0 Å². The average molecular weight is 293 g/mol. The number of hydrogen-bond donors (Lipinski definition) is 1. The van der Waals surface area contributed by atoms with E-state index in [1.807, 2.05) is 36.4 Å². The molecular formula is C18H19N3O. The maximum Gasteiger partial charge on any atom is 0.345 e. The predicted octanol–water partition coefficient (Wildman–Crippen LogP) is 3.44. The van der Waals surface area contributed by atoms with Crippen LogP contribution in [-0.2, 0) is 0 Å². The molecule has 0 aliphatic heterocycles. The third-order valence-corrected chi connectivity index (χ3v) is 3.91. The van der Waals surface area contributed by atoms with Crippen LogP contribution < -0.4 is 10.6 Å². The molecule has 0 saturated carbocycles. The molecule has 3 rings (SSSR count). The summed E-state index contributed by atoms with van der Waals surface area (Å²) < 4.78 is 0. The fourth-order valence-corrected chi connectivity index (χ4v) is 2.74. The molecule has 1 heterocycles. The smallest absolute Gasteiger partial charge is 0.345 e. The van der Waals surface area contributed by atoms with Gasteiger partial charge in [-0.1, -0.05) is 30.3 Å². The zero-order valence-electron chi connectivity index (χ0n) is 12.8. The molecule has 1 aromatic heterocycles. The minimum atomic E-state index is -0.318. The van der Waals surface area contributed by atoms with Gasteiger partial charge in [0.2, 0.25) is 0 Å². The van der Waals surface area contributed by atoms with Gasteiger partial charge in [-0.15, -0.1) is 0 Å². The van der Waals surface area contributed by atoms with Crippen molar-refractivity contribution in [3.8, 4) is 11.3 Å². The number of nitrogens with zero attached hydrogens (tertiary/aromatic N) is 2. The zero-order valence-corrected chi connectivity index (χ0v) is 12.8. The van der Waals surface area contributed by atoms with Crippen molar-refractivity contribution >= 4 is 16.6 Å². The summed E-state index contributed by atoms with van der Waals surface area (Å²) in [6.07, 6.45) is 0. The van der Waals surface area contributed by atoms with Gasteiger partial charge in [0, 0.05) is 29.7 Å². The van der Waals surface area contributed by atoms with E-state index in [0.29, 0.717) is 0 Å². The molecule has 0 unspecified atom stereocenters. The molecule has 0 atom stereocenters. The Balaban J connectivity index is 2.10. The second-order valence-corrected chi connectivity index (χ2v) is 5.16. The van der Waals surface area contributed by atoms with Gasteiger partial charge < -0.3 is 9.88 Å². The van der Waals surface area contributed by atoms with Gasteiger partial charge in [-0.3, -0.25) is 0 Å². The maximum atomic E-state index is 11.8. The van der Waals surface area contributed by atoms with Crippen molar-refractivity contribution in [1.29, 1.82) is 0 Å². The lowest BCUT2D eigenvalue weighted by atomic mass is 10.1. The van der Waals surface area contributed by atoms with E-state index >= 15 is 0 Å². The highest BCUT2D eigenvalue weighted by atomic mass is 16.1. The lowest BCUT2D eigenvalue weighted by molar-refractivity contribution is 0.866. The number of H-pyrrole nitrogens is 1. The van der Waals surface area contributed by atoms with Crippen molar-refractivity contribution < 1.29 is 0 Å². The van der Waals surface area contributed by atoms with Crippen molar-refractivity contribution in [1.82, 2.24) is 9.97 Å². The molecule has 3 aromatic rings. The quantitative estimate of drug-likeness (QED) is 0.801. The Morgan fingerprint density at radius 2 is 1.68 bits per heavy atom. The van der Waals surface area contributed by atoms with E-state index in [1.165, 1.54) is 5.69 Å². The van der Waals surface area contributed by atoms with Gasteiger partial charge in [0.05, 0.1) is 11.2 Å². The molecule has 0 radical (unpaired) electrons. The average Bonchev–Trinajstić information content (AvgIpc) is 2.56. The number of para-hydroxylation sites is 1. The molecular weight excluding hydrogens is 274 g/mol. The summed E-state index contributed by atoms with van der Waals surface area (Å²) in [5.41, 5.74) is 3.36. The molecule has 0 amide bonds. The fraction of sp³-hybridized carbons (Fsp3) is 0.222. The first-order valence-electron chi connectivity index (χ1n) is 7.57. The van der Waals surface area contributed by atoms with Crippen LogP contribution in [-0.4, -0.2) is 23.1 Å². The van der Waals surface area contributed by atoms with E-state index in [9.17, 15) is 4.79 Å². The van der Waals surface area contributed by atoms with Crippen molar-refractivity contribution in [2.45, 2.75) is 13.8 Å². The van der Waals surface area contributed by atoms with Crippen LogP contribution in [0.2, 0.25) is 0 Å². The Morgan fingerprint density at radius 1 is 1.00 bits per heavy atom. The third kappa shape index (κ3) is 2.60. The first-order valence-corrected chi connectivity index (χ1v) is 7.57. The Kier molecular flexibility index (Phi) is 3.92. The molecule has 0 bridgehead atoms. The lowest BCUT2D eigenvalue weighted by Gasteiger charge is -2.21. The summed E-state index contributed by atoms with van der Waals surface area (Å²) >= 11 is 0. The summed E-state index contributed by atoms with van der Waals surface area (Å²) in [6, 6.07) is 16.0. The summed E-state index contributed by atoms with van der Waals surface area (Å²) in [5, 5.41) is 0.956. The Labute approximate surface area is 129 Å². The molecule has 0 saturated heterocycles. The number of nitrogens with one attached hydrogen (secondary N) is 1. The van der Waals surface area contributed by atoms with Crippen LogP contribution in [0.25, 0.3) is 22.2 Å². The van der Waals surface area contributed by atoms with Crippen LogP contribution in [0.1, 0.15) is 13.8 Å². The highest BCUT2D eigenvalue weighted by molar-refractivity contribution is 5.92. The normalized spacial score (nSPS) is 10.8. The molecule has 112 valence electrons. The monoisotopic (exact) mass is 293 g/mol. The van der Waals surface area contributed by atoms with Crippen LogP contribution in [0.5, 0.6) is 0 Å². The highest BCUT2D eigenvalue weighted by Crippen LogP contribution is 2.26. The van der Waals surface area contributed by atoms with Gasteiger partial charge in [-0.25, -0.2) is 4.79 Å².